The van der Waals surface area contributed by atoms with Crippen molar-refractivity contribution in [3.8, 4) is 0 Å². The second kappa shape index (κ2) is 7.43. The van der Waals surface area contributed by atoms with E-state index in [9.17, 15) is 0 Å². The van der Waals surface area contributed by atoms with Crippen LogP contribution in [0.3, 0.4) is 0 Å². The van der Waals surface area contributed by atoms with E-state index in [1.165, 1.54) is 5.56 Å². The third-order valence-corrected chi connectivity index (χ3v) is 2.97. The highest BCUT2D eigenvalue weighted by Crippen LogP contribution is 2.04. The minimum absolute atomic E-state index is 0.690. The topological polar surface area (TPSA) is 62.7 Å². The summed E-state index contributed by atoms with van der Waals surface area (Å²) in [5.74, 6) is 1.61. The molecular formula is C15H21N5. The normalized spacial score (nSPS) is 10.3. The average Bonchev–Trinajstić information content (AvgIpc) is 2.49. The maximum Gasteiger partial charge on any atom is 0.222 e. The van der Waals surface area contributed by atoms with E-state index in [1.54, 1.807) is 0 Å². The Hall–Kier alpha value is -2.17. The van der Waals surface area contributed by atoms with Gasteiger partial charge in [0.15, 0.2) is 0 Å². The molecule has 0 bridgehead atoms. The summed E-state index contributed by atoms with van der Waals surface area (Å²) < 4.78 is 0. The van der Waals surface area contributed by atoms with Gasteiger partial charge >= 0.3 is 0 Å². The third-order valence-electron chi connectivity index (χ3n) is 2.97. The molecule has 5 heteroatoms. The summed E-state index contributed by atoms with van der Waals surface area (Å²) in [6.45, 7) is 5.83. The van der Waals surface area contributed by atoms with E-state index in [2.05, 4.69) is 38.6 Å². The van der Waals surface area contributed by atoms with Crippen molar-refractivity contribution in [1.29, 1.82) is 0 Å². The zero-order chi connectivity index (χ0) is 14.2. The van der Waals surface area contributed by atoms with Crippen LogP contribution in [0.2, 0.25) is 0 Å². The number of rotatable bonds is 7. The van der Waals surface area contributed by atoms with Gasteiger partial charge in [0.1, 0.15) is 5.82 Å². The van der Waals surface area contributed by atoms with Crippen molar-refractivity contribution in [2.45, 2.75) is 26.7 Å². The Morgan fingerprint density at radius 3 is 2.35 bits per heavy atom. The summed E-state index contributed by atoms with van der Waals surface area (Å²) in [5, 5.41) is 6.49. The Bertz CT molecular complexity index is 507. The smallest absolute Gasteiger partial charge is 0.222 e. The number of aryl methyl sites for hydroxylation is 2. The van der Waals surface area contributed by atoms with Gasteiger partial charge < -0.3 is 10.6 Å². The zero-order valence-corrected chi connectivity index (χ0v) is 12.1. The van der Waals surface area contributed by atoms with Crippen LogP contribution < -0.4 is 10.6 Å². The number of anilines is 2. The van der Waals surface area contributed by atoms with Crippen LogP contribution in [0, 0.1) is 6.92 Å². The second-order valence-corrected chi connectivity index (χ2v) is 4.70. The van der Waals surface area contributed by atoms with E-state index in [1.807, 2.05) is 31.6 Å². The molecule has 0 aliphatic heterocycles. The highest BCUT2D eigenvalue weighted by atomic mass is 15.1. The molecule has 20 heavy (non-hydrogen) atoms. The van der Waals surface area contributed by atoms with Crippen molar-refractivity contribution in [3.05, 3.63) is 41.9 Å². The van der Waals surface area contributed by atoms with Crippen LogP contribution in [0.5, 0.6) is 0 Å². The second-order valence-electron chi connectivity index (χ2n) is 4.70. The Morgan fingerprint density at radius 2 is 1.70 bits per heavy atom. The van der Waals surface area contributed by atoms with Crippen LogP contribution in [0.1, 0.15) is 24.5 Å². The van der Waals surface area contributed by atoms with E-state index in [0.717, 1.165) is 37.3 Å². The first-order valence-corrected chi connectivity index (χ1v) is 6.99. The highest BCUT2D eigenvalue weighted by molar-refractivity contribution is 5.35. The Kier molecular flexibility index (Phi) is 5.29. The molecule has 2 heterocycles. The minimum atomic E-state index is 0.690. The number of hydrogen-bond acceptors (Lipinski definition) is 5. The molecule has 2 rings (SSSR count). The summed E-state index contributed by atoms with van der Waals surface area (Å²) >= 11 is 0. The SMILES string of the molecule is CCc1cnc(NCCCNc2ccc(C)cn2)nc1. The number of nitrogens with one attached hydrogen (secondary N) is 2. The quantitative estimate of drug-likeness (QED) is 0.758. The van der Waals surface area contributed by atoms with Crippen LogP contribution in [0.25, 0.3) is 0 Å². The van der Waals surface area contributed by atoms with E-state index in [4.69, 9.17) is 0 Å². The lowest BCUT2D eigenvalue weighted by atomic mass is 10.3. The van der Waals surface area contributed by atoms with Gasteiger partial charge in [-0.2, -0.15) is 0 Å². The van der Waals surface area contributed by atoms with Crippen molar-refractivity contribution in [2.75, 3.05) is 23.7 Å². The van der Waals surface area contributed by atoms with E-state index >= 15 is 0 Å². The number of hydrogen-bond donors (Lipinski definition) is 2. The first-order valence-electron chi connectivity index (χ1n) is 6.99. The standard InChI is InChI=1S/C15H21N5/c1-3-13-10-19-15(20-11-13)17-8-4-7-16-14-6-5-12(2)9-18-14/h5-6,9-11H,3-4,7-8H2,1-2H3,(H,16,18)(H,17,19,20). The molecule has 2 N–H and O–H groups in total. The first-order chi connectivity index (χ1) is 9.78. The highest BCUT2D eigenvalue weighted by Gasteiger charge is 1.96. The molecule has 0 spiro atoms. The lowest BCUT2D eigenvalue weighted by Gasteiger charge is -2.07. The molecule has 0 aromatic carbocycles. The van der Waals surface area contributed by atoms with Gasteiger partial charge in [-0.05, 0) is 37.0 Å². The minimum Gasteiger partial charge on any atom is -0.370 e. The van der Waals surface area contributed by atoms with Gasteiger partial charge in [-0.1, -0.05) is 13.0 Å². The molecule has 0 atom stereocenters. The maximum atomic E-state index is 4.30. The van der Waals surface area contributed by atoms with Crippen LogP contribution in [-0.2, 0) is 6.42 Å². The monoisotopic (exact) mass is 271 g/mol. The molecule has 0 radical (unpaired) electrons. The van der Waals surface area contributed by atoms with Gasteiger partial charge in [-0.25, -0.2) is 15.0 Å². The molecule has 0 aliphatic carbocycles. The lowest BCUT2D eigenvalue weighted by molar-refractivity contribution is 0.887. The van der Waals surface area contributed by atoms with Crippen LogP contribution >= 0.6 is 0 Å². The van der Waals surface area contributed by atoms with Crippen LogP contribution in [0.15, 0.2) is 30.7 Å². The average molecular weight is 271 g/mol. The molecule has 0 amide bonds. The molecule has 2 aromatic heterocycles. The molecule has 0 fully saturated rings. The fourth-order valence-electron chi connectivity index (χ4n) is 1.71. The van der Waals surface area contributed by atoms with Crippen molar-refractivity contribution in [2.24, 2.45) is 0 Å². The van der Waals surface area contributed by atoms with Crippen LogP contribution in [0.4, 0.5) is 11.8 Å². The van der Waals surface area contributed by atoms with Gasteiger partial charge in [0, 0.05) is 31.7 Å². The Morgan fingerprint density at radius 1 is 0.950 bits per heavy atom. The summed E-state index contributed by atoms with van der Waals surface area (Å²) in [6, 6.07) is 4.05. The van der Waals surface area contributed by atoms with Crippen molar-refractivity contribution < 1.29 is 0 Å². The van der Waals surface area contributed by atoms with Gasteiger partial charge in [-0.3, -0.25) is 0 Å². The van der Waals surface area contributed by atoms with Gasteiger partial charge in [0.05, 0.1) is 0 Å². The summed E-state index contributed by atoms with van der Waals surface area (Å²) in [5.41, 5.74) is 2.33. The van der Waals surface area contributed by atoms with Crippen molar-refractivity contribution in [1.82, 2.24) is 15.0 Å². The predicted octanol–water partition coefficient (Wildman–Crippen LogP) is 2.66. The molecule has 5 nitrogen and oxygen atoms in total. The fourth-order valence-corrected chi connectivity index (χ4v) is 1.71. The molecule has 2 aromatic rings. The first kappa shape index (κ1) is 14.2. The largest absolute Gasteiger partial charge is 0.370 e. The van der Waals surface area contributed by atoms with Gasteiger partial charge in [0.25, 0.3) is 0 Å². The lowest BCUT2D eigenvalue weighted by Crippen LogP contribution is -2.11. The maximum absolute atomic E-state index is 4.30. The summed E-state index contributed by atoms with van der Waals surface area (Å²) in [7, 11) is 0. The number of pyridine rings is 1. The Balaban J connectivity index is 1.64. The molecule has 0 saturated carbocycles. The molecule has 0 aliphatic rings. The van der Waals surface area contributed by atoms with Crippen LogP contribution in [-0.4, -0.2) is 28.0 Å². The number of nitrogens with zero attached hydrogens (tertiary/aromatic N) is 3. The molecule has 106 valence electrons. The molecular weight excluding hydrogens is 250 g/mol. The summed E-state index contributed by atoms with van der Waals surface area (Å²) in [4.78, 5) is 12.8. The third kappa shape index (κ3) is 4.50. The van der Waals surface area contributed by atoms with E-state index < -0.39 is 0 Å². The van der Waals surface area contributed by atoms with E-state index in [0.29, 0.717) is 5.95 Å². The van der Waals surface area contributed by atoms with Crippen molar-refractivity contribution >= 4 is 11.8 Å². The fraction of sp³-hybridized carbons (Fsp3) is 0.400. The zero-order valence-electron chi connectivity index (χ0n) is 12.1. The summed E-state index contributed by atoms with van der Waals surface area (Å²) in [6.07, 6.45) is 7.54. The van der Waals surface area contributed by atoms with Gasteiger partial charge in [0.2, 0.25) is 5.95 Å². The van der Waals surface area contributed by atoms with Gasteiger partial charge in [-0.15, -0.1) is 0 Å². The Labute approximate surface area is 119 Å². The molecule has 0 unspecified atom stereocenters. The van der Waals surface area contributed by atoms with E-state index in [-0.39, 0.29) is 0 Å². The number of aromatic nitrogens is 3. The van der Waals surface area contributed by atoms with Crippen molar-refractivity contribution in [3.63, 3.8) is 0 Å². The molecule has 0 saturated heterocycles. The predicted molar refractivity (Wildman–Crippen MR) is 82.0 cm³/mol.